The predicted octanol–water partition coefficient (Wildman–Crippen LogP) is 5.73. The van der Waals surface area contributed by atoms with Crippen molar-refractivity contribution < 1.29 is 0 Å². The molecule has 0 radical (unpaired) electrons. The van der Waals surface area contributed by atoms with Crippen LogP contribution in [0.3, 0.4) is 0 Å². The van der Waals surface area contributed by atoms with Gasteiger partial charge in [-0.2, -0.15) is 0 Å². The van der Waals surface area contributed by atoms with E-state index in [-0.39, 0.29) is 5.92 Å². The molecule has 3 aromatic carbocycles. The van der Waals surface area contributed by atoms with E-state index in [1.807, 2.05) is 6.07 Å². The Hall–Kier alpha value is -2.80. The highest BCUT2D eigenvalue weighted by atomic mass is 14.6. The normalized spacial score (nSPS) is 12.4. The Kier molecular flexibility index (Phi) is 4.81. The number of allylic oxidation sites excluding steroid dienone is 1. The van der Waals surface area contributed by atoms with Crippen LogP contribution >= 0.6 is 0 Å². The lowest BCUT2D eigenvalue weighted by Gasteiger charge is -2.17. The fourth-order valence-electron chi connectivity index (χ4n) is 3.03. The minimum absolute atomic E-state index is 0.212. The molecule has 0 saturated carbocycles. The van der Waals surface area contributed by atoms with Gasteiger partial charge in [-0.25, -0.2) is 0 Å². The molecule has 0 bridgehead atoms. The maximum absolute atomic E-state index is 6.14. The van der Waals surface area contributed by atoms with E-state index in [2.05, 4.69) is 92.7 Å². The van der Waals surface area contributed by atoms with E-state index < -0.39 is 0 Å². The Morgan fingerprint density at radius 2 is 1.29 bits per heavy atom. The van der Waals surface area contributed by atoms with E-state index in [4.69, 9.17) is 5.73 Å². The van der Waals surface area contributed by atoms with Crippen LogP contribution in [-0.4, -0.2) is 0 Å². The van der Waals surface area contributed by atoms with Crippen molar-refractivity contribution >= 4 is 11.8 Å². The zero-order valence-electron chi connectivity index (χ0n) is 14.2. The highest BCUT2D eigenvalue weighted by Crippen LogP contribution is 2.30. The molecule has 0 saturated heterocycles. The number of anilines is 1. The summed E-state index contributed by atoms with van der Waals surface area (Å²) in [6, 6.07) is 25.4. The summed E-state index contributed by atoms with van der Waals surface area (Å²) in [4.78, 5) is 0. The number of aryl methyl sites for hydroxylation is 2. The summed E-state index contributed by atoms with van der Waals surface area (Å²) in [6.07, 6.45) is 4.47. The van der Waals surface area contributed by atoms with Gasteiger partial charge in [-0.15, -0.1) is 0 Å². The summed E-state index contributed by atoms with van der Waals surface area (Å²) in [5.41, 5.74) is 13.1. The average molecular weight is 313 g/mol. The van der Waals surface area contributed by atoms with Gasteiger partial charge in [-0.3, -0.25) is 0 Å². The first-order valence-corrected chi connectivity index (χ1v) is 8.30. The minimum Gasteiger partial charge on any atom is -0.398 e. The number of rotatable bonds is 4. The molecule has 3 rings (SSSR count). The van der Waals surface area contributed by atoms with Crippen molar-refractivity contribution in [3.8, 4) is 0 Å². The Bertz CT molecular complexity index is 809. The third-order valence-electron chi connectivity index (χ3n) is 4.41. The molecule has 1 atom stereocenters. The first-order chi connectivity index (χ1) is 11.6. The molecule has 0 aromatic heterocycles. The van der Waals surface area contributed by atoms with Crippen LogP contribution in [0.25, 0.3) is 6.08 Å². The Labute approximate surface area is 144 Å². The van der Waals surface area contributed by atoms with Gasteiger partial charge in [-0.05, 0) is 41.7 Å². The fourth-order valence-corrected chi connectivity index (χ4v) is 3.03. The summed E-state index contributed by atoms with van der Waals surface area (Å²) in [5, 5.41) is 0. The monoisotopic (exact) mass is 313 g/mol. The highest BCUT2D eigenvalue weighted by Gasteiger charge is 2.13. The second kappa shape index (κ2) is 7.18. The zero-order valence-corrected chi connectivity index (χ0v) is 14.2. The summed E-state index contributed by atoms with van der Waals surface area (Å²) in [5.74, 6) is 0.212. The van der Waals surface area contributed by atoms with Crippen LogP contribution in [0.1, 0.15) is 33.7 Å². The van der Waals surface area contributed by atoms with E-state index in [1.165, 1.54) is 16.7 Å². The van der Waals surface area contributed by atoms with Crippen molar-refractivity contribution in [2.75, 3.05) is 5.73 Å². The van der Waals surface area contributed by atoms with Crippen molar-refractivity contribution in [2.45, 2.75) is 19.8 Å². The summed E-state index contributed by atoms with van der Waals surface area (Å²) >= 11 is 0. The second-order valence-corrected chi connectivity index (χ2v) is 6.23. The average Bonchev–Trinajstić information content (AvgIpc) is 2.61. The van der Waals surface area contributed by atoms with Gasteiger partial charge in [-0.1, -0.05) is 84.9 Å². The molecule has 1 heteroatoms. The molecular formula is C23H23N. The van der Waals surface area contributed by atoms with Gasteiger partial charge in [0.25, 0.3) is 0 Å². The molecule has 0 fully saturated rings. The van der Waals surface area contributed by atoms with Gasteiger partial charge in [0, 0.05) is 11.6 Å². The molecule has 1 unspecified atom stereocenters. The van der Waals surface area contributed by atoms with Crippen molar-refractivity contribution in [2.24, 2.45) is 0 Å². The topological polar surface area (TPSA) is 26.0 Å². The minimum atomic E-state index is 0.212. The maximum atomic E-state index is 6.14. The smallest absolute Gasteiger partial charge is 0.0373 e. The number of hydrogen-bond donors (Lipinski definition) is 1. The molecule has 3 aromatic rings. The first-order valence-electron chi connectivity index (χ1n) is 8.30. The highest BCUT2D eigenvalue weighted by molar-refractivity contribution is 5.58. The molecule has 2 N–H and O–H groups in total. The number of benzene rings is 3. The largest absolute Gasteiger partial charge is 0.398 e. The lowest BCUT2D eigenvalue weighted by Crippen LogP contribution is -2.02. The molecule has 0 aliphatic carbocycles. The molecule has 0 heterocycles. The van der Waals surface area contributed by atoms with Crippen LogP contribution in [0, 0.1) is 13.8 Å². The van der Waals surface area contributed by atoms with E-state index in [0.717, 1.165) is 16.8 Å². The van der Waals surface area contributed by atoms with Crippen LogP contribution in [0.2, 0.25) is 0 Å². The summed E-state index contributed by atoms with van der Waals surface area (Å²) in [6.45, 7) is 4.16. The van der Waals surface area contributed by atoms with Gasteiger partial charge in [0.05, 0.1) is 0 Å². The zero-order chi connectivity index (χ0) is 16.9. The van der Waals surface area contributed by atoms with Crippen molar-refractivity contribution in [3.63, 3.8) is 0 Å². The Balaban J connectivity index is 2.05. The predicted molar refractivity (Wildman–Crippen MR) is 104 cm³/mol. The van der Waals surface area contributed by atoms with E-state index in [9.17, 15) is 0 Å². The third kappa shape index (κ3) is 3.57. The molecule has 0 aliphatic rings. The van der Waals surface area contributed by atoms with Gasteiger partial charge in [0.1, 0.15) is 0 Å². The van der Waals surface area contributed by atoms with E-state index in [1.54, 1.807) is 0 Å². The number of nitrogens with two attached hydrogens (primary N) is 1. The molecule has 1 nitrogen and oxygen atoms in total. The van der Waals surface area contributed by atoms with Crippen LogP contribution in [0.15, 0.2) is 78.9 Å². The van der Waals surface area contributed by atoms with E-state index >= 15 is 0 Å². The van der Waals surface area contributed by atoms with Crippen molar-refractivity contribution in [1.29, 1.82) is 0 Å². The third-order valence-corrected chi connectivity index (χ3v) is 4.41. The van der Waals surface area contributed by atoms with Crippen molar-refractivity contribution in [3.05, 3.63) is 107 Å². The lowest BCUT2D eigenvalue weighted by atomic mass is 9.88. The quantitative estimate of drug-likeness (QED) is 0.611. The van der Waals surface area contributed by atoms with Gasteiger partial charge in [0.2, 0.25) is 0 Å². The SMILES string of the molecule is Cc1cc(C(/C=C/c2ccccc2)c2ccccc2)cc(C)c1N. The van der Waals surface area contributed by atoms with Crippen LogP contribution in [0.5, 0.6) is 0 Å². The standard InChI is InChI=1S/C23H23N/c1-17-15-21(16-18(2)23(17)24)22(20-11-7-4-8-12-20)14-13-19-9-5-3-6-10-19/h3-16,22H,24H2,1-2H3/b14-13+. The van der Waals surface area contributed by atoms with Crippen LogP contribution < -0.4 is 5.73 Å². The molecule has 24 heavy (non-hydrogen) atoms. The van der Waals surface area contributed by atoms with Crippen LogP contribution in [0.4, 0.5) is 5.69 Å². The molecule has 0 spiro atoms. The fraction of sp³-hybridized carbons (Fsp3) is 0.130. The summed E-state index contributed by atoms with van der Waals surface area (Å²) in [7, 11) is 0. The molecule has 120 valence electrons. The summed E-state index contributed by atoms with van der Waals surface area (Å²) < 4.78 is 0. The number of hydrogen-bond acceptors (Lipinski definition) is 1. The van der Waals surface area contributed by atoms with E-state index in [0.29, 0.717) is 0 Å². The Morgan fingerprint density at radius 1 is 0.750 bits per heavy atom. The molecule has 0 amide bonds. The van der Waals surface area contributed by atoms with Gasteiger partial charge < -0.3 is 5.73 Å². The van der Waals surface area contributed by atoms with Gasteiger partial charge in [0.15, 0.2) is 0 Å². The first kappa shape index (κ1) is 16.1. The Morgan fingerprint density at radius 3 is 1.88 bits per heavy atom. The van der Waals surface area contributed by atoms with Gasteiger partial charge >= 0.3 is 0 Å². The number of nitrogen functional groups attached to an aromatic ring is 1. The van der Waals surface area contributed by atoms with Crippen LogP contribution in [-0.2, 0) is 0 Å². The molecular weight excluding hydrogens is 290 g/mol. The second-order valence-electron chi connectivity index (χ2n) is 6.23. The maximum Gasteiger partial charge on any atom is 0.0373 e. The lowest BCUT2D eigenvalue weighted by molar-refractivity contribution is 1.02. The molecule has 0 aliphatic heterocycles. The van der Waals surface area contributed by atoms with Crippen molar-refractivity contribution in [1.82, 2.24) is 0 Å².